The van der Waals surface area contributed by atoms with Crippen molar-refractivity contribution in [2.45, 2.75) is 0 Å². The van der Waals surface area contributed by atoms with Gasteiger partial charge in [0.1, 0.15) is 6.07 Å². The SMILES string of the molecule is Cn1c(C(C#N)=NNc2cccc([N+](=O)[O-])c2)nc2ccccc21. The van der Waals surface area contributed by atoms with E-state index in [1.54, 1.807) is 17.7 Å². The zero-order valence-electron chi connectivity index (χ0n) is 12.7. The van der Waals surface area contributed by atoms with Crippen molar-refractivity contribution < 1.29 is 4.92 Å². The predicted octanol–water partition coefficient (Wildman–Crippen LogP) is 2.82. The minimum atomic E-state index is -0.494. The number of fused-ring (bicyclic) bond motifs is 1. The first kappa shape index (κ1) is 15.2. The Labute approximate surface area is 136 Å². The van der Waals surface area contributed by atoms with Crippen molar-refractivity contribution in [2.75, 3.05) is 5.43 Å². The number of hydrogen-bond donors (Lipinski definition) is 1. The smallest absolute Gasteiger partial charge is 0.271 e. The van der Waals surface area contributed by atoms with E-state index in [9.17, 15) is 15.4 Å². The van der Waals surface area contributed by atoms with Gasteiger partial charge in [0.2, 0.25) is 5.71 Å². The van der Waals surface area contributed by atoms with Gasteiger partial charge in [-0.2, -0.15) is 10.4 Å². The second-order valence-corrected chi connectivity index (χ2v) is 4.97. The van der Waals surface area contributed by atoms with Crippen LogP contribution in [0.25, 0.3) is 11.0 Å². The fourth-order valence-electron chi connectivity index (χ4n) is 2.29. The van der Waals surface area contributed by atoms with Crippen molar-refractivity contribution in [3.63, 3.8) is 0 Å². The van der Waals surface area contributed by atoms with Crippen LogP contribution in [0.15, 0.2) is 53.6 Å². The lowest BCUT2D eigenvalue weighted by Gasteiger charge is -2.02. The summed E-state index contributed by atoms with van der Waals surface area (Å²) in [6, 6.07) is 15.4. The third-order valence-electron chi connectivity index (χ3n) is 3.46. The van der Waals surface area contributed by atoms with Gasteiger partial charge in [-0.05, 0) is 18.2 Å². The molecule has 0 radical (unpaired) electrons. The molecule has 24 heavy (non-hydrogen) atoms. The number of nitrogens with one attached hydrogen (secondary N) is 1. The van der Waals surface area contributed by atoms with Crippen LogP contribution in [-0.2, 0) is 7.05 Å². The molecule has 0 saturated carbocycles. The highest BCUT2D eigenvalue weighted by atomic mass is 16.6. The van der Waals surface area contributed by atoms with Crippen LogP contribution in [0, 0.1) is 21.4 Å². The maximum atomic E-state index is 10.8. The summed E-state index contributed by atoms with van der Waals surface area (Å²) in [7, 11) is 1.80. The van der Waals surface area contributed by atoms with Crippen LogP contribution >= 0.6 is 0 Å². The monoisotopic (exact) mass is 320 g/mol. The first-order chi connectivity index (χ1) is 11.6. The van der Waals surface area contributed by atoms with Gasteiger partial charge in [-0.3, -0.25) is 15.5 Å². The Hall–Kier alpha value is -3.73. The molecular weight excluding hydrogens is 308 g/mol. The number of nitro groups is 1. The number of imidazole rings is 1. The third kappa shape index (κ3) is 2.78. The minimum absolute atomic E-state index is 0.0589. The Morgan fingerprint density at radius 1 is 1.33 bits per heavy atom. The van der Waals surface area contributed by atoms with E-state index in [-0.39, 0.29) is 11.4 Å². The highest BCUT2D eigenvalue weighted by molar-refractivity contribution is 6.11. The molecule has 0 fully saturated rings. The summed E-state index contributed by atoms with van der Waals surface area (Å²) in [6.45, 7) is 0. The van der Waals surface area contributed by atoms with Crippen molar-refractivity contribution in [3.05, 3.63) is 64.5 Å². The first-order valence-corrected chi connectivity index (χ1v) is 7.00. The topological polar surface area (TPSA) is 109 Å². The van der Waals surface area contributed by atoms with Gasteiger partial charge in [-0.1, -0.05) is 18.2 Å². The highest BCUT2D eigenvalue weighted by Crippen LogP contribution is 2.18. The van der Waals surface area contributed by atoms with Crippen LogP contribution in [0.5, 0.6) is 0 Å². The Kier molecular flexibility index (Phi) is 3.91. The number of anilines is 1. The number of rotatable bonds is 4. The molecule has 8 nitrogen and oxygen atoms in total. The zero-order valence-corrected chi connectivity index (χ0v) is 12.7. The van der Waals surface area contributed by atoms with Gasteiger partial charge in [0, 0.05) is 19.2 Å². The number of nitro benzene ring substituents is 1. The number of nitriles is 1. The predicted molar refractivity (Wildman–Crippen MR) is 89.6 cm³/mol. The lowest BCUT2D eigenvalue weighted by molar-refractivity contribution is -0.384. The molecule has 3 rings (SSSR count). The van der Waals surface area contributed by atoms with Crippen LogP contribution in [0.3, 0.4) is 0 Å². The van der Waals surface area contributed by atoms with Crippen molar-refractivity contribution in [1.82, 2.24) is 9.55 Å². The molecule has 1 aromatic heterocycles. The van der Waals surface area contributed by atoms with Gasteiger partial charge in [0.05, 0.1) is 21.6 Å². The Morgan fingerprint density at radius 3 is 2.83 bits per heavy atom. The number of nitrogens with zero attached hydrogens (tertiary/aromatic N) is 5. The molecule has 0 aliphatic carbocycles. The fraction of sp³-hybridized carbons (Fsp3) is 0.0625. The molecule has 0 aliphatic rings. The Morgan fingerprint density at radius 2 is 2.12 bits per heavy atom. The summed E-state index contributed by atoms with van der Waals surface area (Å²) in [4.78, 5) is 14.7. The van der Waals surface area contributed by atoms with Crippen molar-refractivity contribution in [2.24, 2.45) is 12.1 Å². The average Bonchev–Trinajstić information content (AvgIpc) is 2.93. The number of benzene rings is 2. The van der Waals surface area contributed by atoms with E-state index in [1.807, 2.05) is 30.3 Å². The van der Waals surface area contributed by atoms with Gasteiger partial charge in [-0.25, -0.2) is 4.98 Å². The fourth-order valence-corrected chi connectivity index (χ4v) is 2.29. The van der Waals surface area contributed by atoms with E-state index in [1.165, 1.54) is 18.2 Å². The largest absolute Gasteiger partial charge is 0.325 e. The van der Waals surface area contributed by atoms with E-state index in [0.717, 1.165) is 11.0 Å². The van der Waals surface area contributed by atoms with Gasteiger partial charge in [0.25, 0.3) is 5.69 Å². The van der Waals surface area contributed by atoms with E-state index < -0.39 is 4.92 Å². The molecule has 0 saturated heterocycles. The summed E-state index contributed by atoms with van der Waals surface area (Å²) in [5.41, 5.74) is 4.74. The molecule has 3 aromatic rings. The van der Waals surface area contributed by atoms with Gasteiger partial charge >= 0.3 is 0 Å². The number of non-ortho nitro benzene ring substituents is 1. The maximum absolute atomic E-state index is 10.8. The average molecular weight is 320 g/mol. The van der Waals surface area contributed by atoms with E-state index in [0.29, 0.717) is 11.5 Å². The maximum Gasteiger partial charge on any atom is 0.271 e. The van der Waals surface area contributed by atoms with Crippen LogP contribution < -0.4 is 5.43 Å². The molecule has 0 aliphatic heterocycles. The number of para-hydroxylation sites is 2. The molecule has 8 heteroatoms. The lowest BCUT2D eigenvalue weighted by atomic mass is 10.3. The van der Waals surface area contributed by atoms with E-state index in [4.69, 9.17) is 0 Å². The summed E-state index contributed by atoms with van der Waals surface area (Å²) < 4.78 is 1.77. The van der Waals surface area contributed by atoms with Gasteiger partial charge in [0.15, 0.2) is 5.82 Å². The molecule has 1 N–H and O–H groups in total. The summed E-state index contributed by atoms with van der Waals surface area (Å²) in [5, 5.41) is 24.2. The van der Waals surface area contributed by atoms with Gasteiger partial charge < -0.3 is 4.57 Å². The minimum Gasteiger partial charge on any atom is -0.325 e. The molecule has 0 unspecified atom stereocenters. The molecule has 118 valence electrons. The molecule has 1 heterocycles. The summed E-state index contributed by atoms with van der Waals surface area (Å²) in [6.07, 6.45) is 0. The second kappa shape index (κ2) is 6.18. The molecule has 0 spiro atoms. The normalized spacial score (nSPS) is 11.2. The van der Waals surface area contributed by atoms with Crippen LogP contribution in [0.2, 0.25) is 0 Å². The van der Waals surface area contributed by atoms with E-state index in [2.05, 4.69) is 15.5 Å². The van der Waals surface area contributed by atoms with Crippen molar-refractivity contribution in [3.8, 4) is 6.07 Å². The number of aryl methyl sites for hydroxylation is 1. The number of hydrogen-bond acceptors (Lipinski definition) is 6. The quantitative estimate of drug-likeness (QED) is 0.451. The van der Waals surface area contributed by atoms with Crippen LogP contribution in [0.1, 0.15) is 5.82 Å². The molecule has 2 aromatic carbocycles. The lowest BCUT2D eigenvalue weighted by Crippen LogP contribution is -2.09. The first-order valence-electron chi connectivity index (χ1n) is 7.00. The van der Waals surface area contributed by atoms with Gasteiger partial charge in [-0.15, -0.1) is 0 Å². The summed E-state index contributed by atoms with van der Waals surface area (Å²) in [5.74, 6) is 0.414. The van der Waals surface area contributed by atoms with E-state index >= 15 is 0 Å². The molecule has 0 bridgehead atoms. The van der Waals surface area contributed by atoms with Crippen molar-refractivity contribution in [1.29, 1.82) is 5.26 Å². The summed E-state index contributed by atoms with van der Waals surface area (Å²) >= 11 is 0. The molecule has 0 atom stereocenters. The van der Waals surface area contributed by atoms with Crippen molar-refractivity contribution >= 4 is 28.1 Å². The molecular formula is C16H12N6O2. The standard InChI is InChI=1S/C16H12N6O2/c1-21-15-8-3-2-7-13(15)18-16(21)14(10-17)20-19-11-5-4-6-12(9-11)22(23)24/h2-9,19H,1H3. The van der Waals surface area contributed by atoms with Crippen LogP contribution in [-0.4, -0.2) is 20.2 Å². The second-order valence-electron chi connectivity index (χ2n) is 4.97. The van der Waals surface area contributed by atoms with Crippen LogP contribution in [0.4, 0.5) is 11.4 Å². The Balaban J connectivity index is 1.95. The Bertz CT molecular complexity index is 999. The number of aromatic nitrogens is 2. The molecule has 0 amide bonds. The zero-order chi connectivity index (χ0) is 17.1. The third-order valence-corrected chi connectivity index (χ3v) is 3.46. The highest BCUT2D eigenvalue weighted by Gasteiger charge is 2.13. The number of hydrazone groups is 1.